The van der Waals surface area contributed by atoms with Crippen LogP contribution in [0.3, 0.4) is 0 Å². The molecule has 0 heterocycles. The number of carboxylic acids is 1. The summed E-state index contributed by atoms with van der Waals surface area (Å²) in [5.74, 6) is -1.14. The fourth-order valence-corrected chi connectivity index (χ4v) is 2.54. The van der Waals surface area contributed by atoms with Crippen molar-refractivity contribution in [2.24, 2.45) is 5.92 Å². The van der Waals surface area contributed by atoms with Gasteiger partial charge in [0, 0.05) is 16.8 Å². The van der Waals surface area contributed by atoms with E-state index in [0.29, 0.717) is 30.0 Å². The molecule has 0 aromatic heterocycles. The van der Waals surface area contributed by atoms with Crippen LogP contribution in [0.5, 0.6) is 0 Å². The standard InChI is InChI=1S/C14H17ClN2O3/c1-8-2-4-11(7-12(8)15)17-14(20)16-10-5-3-9(6-10)13(18)19/h2,4,7,9-10H,3,5-6H2,1H3,(H,18,19)(H2,16,17,20)/t9-,10+/m1/s1. The number of urea groups is 1. The lowest BCUT2D eigenvalue weighted by atomic mass is 10.1. The lowest BCUT2D eigenvalue weighted by Crippen LogP contribution is -2.36. The van der Waals surface area contributed by atoms with Crippen molar-refractivity contribution in [1.29, 1.82) is 0 Å². The third-order valence-corrected chi connectivity index (χ3v) is 3.95. The number of rotatable bonds is 3. The summed E-state index contributed by atoms with van der Waals surface area (Å²) in [6.45, 7) is 1.89. The molecule has 1 aromatic carbocycles. The van der Waals surface area contributed by atoms with E-state index in [1.165, 1.54) is 0 Å². The maximum Gasteiger partial charge on any atom is 0.319 e. The van der Waals surface area contributed by atoms with Gasteiger partial charge in [-0.15, -0.1) is 0 Å². The second kappa shape index (κ2) is 6.13. The predicted molar refractivity (Wildman–Crippen MR) is 77.1 cm³/mol. The van der Waals surface area contributed by atoms with Gasteiger partial charge in [-0.2, -0.15) is 0 Å². The number of hydrogen-bond donors (Lipinski definition) is 3. The molecule has 0 aliphatic heterocycles. The topological polar surface area (TPSA) is 78.4 Å². The summed E-state index contributed by atoms with van der Waals surface area (Å²) < 4.78 is 0. The fraction of sp³-hybridized carbons (Fsp3) is 0.429. The number of carbonyl (C=O) groups excluding carboxylic acids is 1. The van der Waals surface area contributed by atoms with Gasteiger partial charge in [0.15, 0.2) is 0 Å². The molecule has 108 valence electrons. The van der Waals surface area contributed by atoms with Crippen LogP contribution in [-0.4, -0.2) is 23.1 Å². The molecule has 5 nitrogen and oxygen atoms in total. The molecular weight excluding hydrogens is 280 g/mol. The van der Waals surface area contributed by atoms with Crippen LogP contribution in [0.1, 0.15) is 24.8 Å². The van der Waals surface area contributed by atoms with E-state index in [2.05, 4.69) is 10.6 Å². The molecule has 0 bridgehead atoms. The summed E-state index contributed by atoms with van der Waals surface area (Å²) in [5, 5.41) is 15.0. The molecule has 1 aliphatic carbocycles. The number of halogens is 1. The van der Waals surface area contributed by atoms with Gasteiger partial charge in [-0.25, -0.2) is 4.79 Å². The smallest absolute Gasteiger partial charge is 0.319 e. The zero-order valence-electron chi connectivity index (χ0n) is 11.1. The highest BCUT2D eigenvalue weighted by molar-refractivity contribution is 6.31. The monoisotopic (exact) mass is 296 g/mol. The average Bonchev–Trinajstić information content (AvgIpc) is 2.82. The largest absolute Gasteiger partial charge is 0.481 e. The van der Waals surface area contributed by atoms with Crippen molar-refractivity contribution >= 4 is 29.3 Å². The van der Waals surface area contributed by atoms with Crippen molar-refractivity contribution < 1.29 is 14.7 Å². The Morgan fingerprint density at radius 3 is 2.70 bits per heavy atom. The van der Waals surface area contributed by atoms with Crippen LogP contribution in [0.4, 0.5) is 10.5 Å². The average molecular weight is 297 g/mol. The Hall–Kier alpha value is -1.75. The summed E-state index contributed by atoms with van der Waals surface area (Å²) in [7, 11) is 0. The number of carbonyl (C=O) groups is 2. The van der Waals surface area contributed by atoms with E-state index in [1.807, 2.05) is 13.0 Å². The number of benzene rings is 1. The van der Waals surface area contributed by atoms with Gasteiger partial charge in [0.25, 0.3) is 0 Å². The first-order valence-corrected chi connectivity index (χ1v) is 6.90. The van der Waals surface area contributed by atoms with Gasteiger partial charge in [0.1, 0.15) is 0 Å². The number of anilines is 1. The van der Waals surface area contributed by atoms with Crippen molar-refractivity contribution in [3.8, 4) is 0 Å². The Morgan fingerprint density at radius 1 is 1.35 bits per heavy atom. The van der Waals surface area contributed by atoms with Crippen LogP contribution in [0, 0.1) is 12.8 Å². The van der Waals surface area contributed by atoms with E-state index in [4.69, 9.17) is 16.7 Å². The zero-order valence-corrected chi connectivity index (χ0v) is 11.9. The van der Waals surface area contributed by atoms with Crippen LogP contribution in [0.25, 0.3) is 0 Å². The maximum atomic E-state index is 11.8. The molecule has 1 aliphatic rings. The number of carboxylic acid groups (broad SMARTS) is 1. The number of nitrogens with one attached hydrogen (secondary N) is 2. The van der Waals surface area contributed by atoms with Crippen LogP contribution < -0.4 is 10.6 Å². The Kier molecular flexibility index (Phi) is 4.49. The molecule has 1 fully saturated rings. The van der Waals surface area contributed by atoms with E-state index < -0.39 is 5.97 Å². The molecule has 2 atom stereocenters. The molecule has 0 spiro atoms. The molecule has 1 aromatic rings. The summed E-state index contributed by atoms with van der Waals surface area (Å²) in [6, 6.07) is 4.87. The lowest BCUT2D eigenvalue weighted by Gasteiger charge is -2.13. The lowest BCUT2D eigenvalue weighted by molar-refractivity contribution is -0.141. The van der Waals surface area contributed by atoms with E-state index in [1.54, 1.807) is 12.1 Å². The van der Waals surface area contributed by atoms with Crippen molar-refractivity contribution in [2.75, 3.05) is 5.32 Å². The van der Waals surface area contributed by atoms with Gasteiger partial charge in [-0.3, -0.25) is 4.79 Å². The van der Waals surface area contributed by atoms with Gasteiger partial charge >= 0.3 is 12.0 Å². The van der Waals surface area contributed by atoms with Gasteiger partial charge in [-0.05, 0) is 43.9 Å². The molecule has 2 amide bonds. The van der Waals surface area contributed by atoms with E-state index >= 15 is 0 Å². The predicted octanol–water partition coefficient (Wildman–Crippen LogP) is 3.02. The van der Waals surface area contributed by atoms with Crippen molar-refractivity contribution in [3.63, 3.8) is 0 Å². The summed E-state index contributed by atoms with van der Waals surface area (Å²) in [6.07, 6.45) is 1.78. The van der Waals surface area contributed by atoms with Crippen LogP contribution >= 0.6 is 11.6 Å². The van der Waals surface area contributed by atoms with Crippen LogP contribution in [0.15, 0.2) is 18.2 Å². The molecule has 20 heavy (non-hydrogen) atoms. The number of amides is 2. The first kappa shape index (κ1) is 14.7. The molecule has 6 heteroatoms. The van der Waals surface area contributed by atoms with E-state index in [-0.39, 0.29) is 18.0 Å². The van der Waals surface area contributed by atoms with Gasteiger partial charge in [0.2, 0.25) is 0 Å². The van der Waals surface area contributed by atoms with Crippen molar-refractivity contribution in [3.05, 3.63) is 28.8 Å². The number of aryl methyl sites for hydroxylation is 1. The molecular formula is C14H17ClN2O3. The van der Waals surface area contributed by atoms with Crippen LogP contribution in [-0.2, 0) is 4.79 Å². The van der Waals surface area contributed by atoms with Crippen LogP contribution in [0.2, 0.25) is 5.02 Å². The summed E-state index contributed by atoms with van der Waals surface area (Å²) >= 11 is 5.98. The Balaban J connectivity index is 1.87. The maximum absolute atomic E-state index is 11.8. The number of hydrogen-bond acceptors (Lipinski definition) is 2. The second-order valence-corrected chi connectivity index (χ2v) is 5.51. The summed E-state index contributed by atoms with van der Waals surface area (Å²) in [4.78, 5) is 22.7. The van der Waals surface area contributed by atoms with E-state index in [9.17, 15) is 9.59 Å². The Labute approximate surface area is 122 Å². The zero-order chi connectivity index (χ0) is 14.7. The Bertz CT molecular complexity index is 533. The highest BCUT2D eigenvalue weighted by Crippen LogP contribution is 2.26. The van der Waals surface area contributed by atoms with E-state index in [0.717, 1.165) is 5.56 Å². The van der Waals surface area contributed by atoms with Gasteiger partial charge < -0.3 is 15.7 Å². The Morgan fingerprint density at radius 2 is 2.10 bits per heavy atom. The first-order valence-electron chi connectivity index (χ1n) is 6.52. The highest BCUT2D eigenvalue weighted by atomic mass is 35.5. The van der Waals surface area contributed by atoms with Gasteiger partial charge in [-0.1, -0.05) is 17.7 Å². The normalized spacial score (nSPS) is 21.5. The quantitative estimate of drug-likeness (QED) is 0.802. The van der Waals surface area contributed by atoms with Crippen molar-refractivity contribution in [2.45, 2.75) is 32.2 Å². The molecule has 1 saturated carbocycles. The van der Waals surface area contributed by atoms with Gasteiger partial charge in [0.05, 0.1) is 5.92 Å². The molecule has 0 unspecified atom stereocenters. The summed E-state index contributed by atoms with van der Waals surface area (Å²) in [5.41, 5.74) is 1.56. The molecule has 2 rings (SSSR count). The minimum atomic E-state index is -0.792. The van der Waals surface area contributed by atoms with Crippen molar-refractivity contribution in [1.82, 2.24) is 5.32 Å². The first-order chi connectivity index (χ1) is 9.45. The minimum Gasteiger partial charge on any atom is -0.481 e. The number of aliphatic carboxylic acids is 1. The molecule has 3 N–H and O–H groups in total. The fourth-order valence-electron chi connectivity index (χ4n) is 2.36. The SMILES string of the molecule is Cc1ccc(NC(=O)N[C@H]2CC[C@@H](C(=O)O)C2)cc1Cl. The minimum absolute atomic E-state index is 0.0861. The highest BCUT2D eigenvalue weighted by Gasteiger charge is 2.30. The third kappa shape index (κ3) is 3.63. The third-order valence-electron chi connectivity index (χ3n) is 3.55. The molecule has 0 saturated heterocycles. The second-order valence-electron chi connectivity index (χ2n) is 5.11. The molecule has 0 radical (unpaired) electrons.